The van der Waals surface area contributed by atoms with Crippen LogP contribution in [-0.4, -0.2) is 12.6 Å². The zero-order valence-corrected chi connectivity index (χ0v) is 6.20. The first-order valence-corrected chi connectivity index (χ1v) is 3.86. The van der Waals surface area contributed by atoms with E-state index < -0.39 is 0 Å². The summed E-state index contributed by atoms with van der Waals surface area (Å²) in [6.45, 7) is 3.29. The summed E-state index contributed by atoms with van der Waals surface area (Å²) in [4.78, 5) is 0. The Morgan fingerprint density at radius 1 is 1.50 bits per heavy atom. The molecule has 3 nitrogen and oxygen atoms in total. The molecule has 0 aliphatic carbocycles. The average molecular weight is 139 g/mol. The molecule has 0 saturated heterocycles. The molecule has 0 aromatic rings. The Morgan fingerprint density at radius 3 is 3.20 bits per heavy atom. The number of hydrogen-bond donors (Lipinski definition) is 3. The van der Waals surface area contributed by atoms with Crippen molar-refractivity contribution in [3.63, 3.8) is 0 Å². The van der Waals surface area contributed by atoms with Crippen molar-refractivity contribution in [3.8, 4) is 0 Å². The van der Waals surface area contributed by atoms with Crippen molar-refractivity contribution in [1.82, 2.24) is 16.2 Å². The van der Waals surface area contributed by atoms with Gasteiger partial charge in [0.05, 0.1) is 0 Å². The number of hydrazine groups is 1. The van der Waals surface area contributed by atoms with Gasteiger partial charge in [-0.3, -0.25) is 0 Å². The van der Waals surface area contributed by atoms with Crippen molar-refractivity contribution in [1.29, 1.82) is 0 Å². The third-order valence-electron chi connectivity index (χ3n) is 2.18. The maximum atomic E-state index is 3.32. The normalized spacial score (nSPS) is 31.1. The highest BCUT2D eigenvalue weighted by molar-refractivity contribution is 5.22. The average Bonchev–Trinajstić information content (AvgIpc) is 2.34. The monoisotopic (exact) mass is 139 g/mol. The summed E-state index contributed by atoms with van der Waals surface area (Å²) in [7, 11) is 0. The molecule has 2 aliphatic heterocycles. The Balaban J connectivity index is 2.20. The summed E-state index contributed by atoms with van der Waals surface area (Å²) in [5, 5.41) is 3.32. The second-order valence-electron chi connectivity index (χ2n) is 2.92. The molecule has 0 bridgehead atoms. The lowest BCUT2D eigenvalue weighted by molar-refractivity contribution is 0.584. The van der Waals surface area contributed by atoms with Gasteiger partial charge in [0.1, 0.15) is 5.82 Å². The highest BCUT2D eigenvalue weighted by Gasteiger charge is 2.22. The molecule has 0 amide bonds. The lowest BCUT2D eigenvalue weighted by Gasteiger charge is -2.15. The van der Waals surface area contributed by atoms with E-state index in [4.69, 9.17) is 0 Å². The molecular weight excluding hydrogens is 126 g/mol. The molecule has 0 unspecified atom stereocenters. The third-order valence-corrected chi connectivity index (χ3v) is 2.18. The highest BCUT2D eigenvalue weighted by Crippen LogP contribution is 2.19. The SMILES string of the molecule is C[C@H]1NNC2=C1CCCN2. The molecule has 0 saturated carbocycles. The lowest BCUT2D eigenvalue weighted by Crippen LogP contribution is -2.33. The molecule has 0 radical (unpaired) electrons. The van der Waals surface area contributed by atoms with Crippen LogP contribution in [-0.2, 0) is 0 Å². The Morgan fingerprint density at radius 2 is 2.40 bits per heavy atom. The summed E-state index contributed by atoms with van der Waals surface area (Å²) in [6.07, 6.45) is 2.51. The van der Waals surface area contributed by atoms with Gasteiger partial charge in [0, 0.05) is 12.6 Å². The van der Waals surface area contributed by atoms with E-state index in [1.165, 1.54) is 24.2 Å². The van der Waals surface area contributed by atoms with Crippen molar-refractivity contribution >= 4 is 0 Å². The Hall–Kier alpha value is -0.700. The van der Waals surface area contributed by atoms with E-state index in [9.17, 15) is 0 Å². The Kier molecular flexibility index (Phi) is 1.31. The fourth-order valence-corrected chi connectivity index (χ4v) is 1.56. The summed E-state index contributed by atoms with van der Waals surface area (Å²) < 4.78 is 0. The van der Waals surface area contributed by atoms with Gasteiger partial charge in [-0.25, -0.2) is 5.43 Å². The first-order valence-electron chi connectivity index (χ1n) is 3.86. The number of hydrogen-bond acceptors (Lipinski definition) is 3. The highest BCUT2D eigenvalue weighted by atomic mass is 15.4. The Labute approximate surface area is 60.8 Å². The largest absolute Gasteiger partial charge is 0.371 e. The van der Waals surface area contributed by atoms with E-state index >= 15 is 0 Å². The molecule has 0 aromatic carbocycles. The second kappa shape index (κ2) is 2.16. The van der Waals surface area contributed by atoms with Gasteiger partial charge in [-0.05, 0) is 25.3 Å². The van der Waals surface area contributed by atoms with E-state index in [-0.39, 0.29) is 0 Å². The smallest absolute Gasteiger partial charge is 0.114 e. The van der Waals surface area contributed by atoms with Crippen molar-refractivity contribution in [2.45, 2.75) is 25.8 Å². The predicted octanol–water partition coefficient (Wildman–Crippen LogP) is 0.0777. The van der Waals surface area contributed by atoms with Crippen molar-refractivity contribution in [3.05, 3.63) is 11.4 Å². The third kappa shape index (κ3) is 0.778. The molecule has 3 N–H and O–H groups in total. The first kappa shape index (κ1) is 6.04. The zero-order valence-electron chi connectivity index (χ0n) is 6.20. The van der Waals surface area contributed by atoms with Gasteiger partial charge in [0.2, 0.25) is 0 Å². The van der Waals surface area contributed by atoms with Crippen LogP contribution in [0.2, 0.25) is 0 Å². The van der Waals surface area contributed by atoms with Gasteiger partial charge in [-0.1, -0.05) is 0 Å². The van der Waals surface area contributed by atoms with Crippen LogP contribution in [0.4, 0.5) is 0 Å². The van der Waals surface area contributed by atoms with E-state index in [1.807, 2.05) is 0 Å². The molecule has 2 heterocycles. The van der Waals surface area contributed by atoms with Crippen LogP contribution < -0.4 is 16.2 Å². The van der Waals surface area contributed by atoms with Crippen molar-refractivity contribution in [2.75, 3.05) is 6.54 Å². The Bertz CT molecular complexity index is 174. The molecule has 2 rings (SSSR count). The zero-order chi connectivity index (χ0) is 6.97. The number of rotatable bonds is 0. The fourth-order valence-electron chi connectivity index (χ4n) is 1.56. The van der Waals surface area contributed by atoms with Gasteiger partial charge in [0.25, 0.3) is 0 Å². The van der Waals surface area contributed by atoms with Gasteiger partial charge in [0.15, 0.2) is 0 Å². The number of nitrogens with one attached hydrogen (secondary N) is 3. The molecule has 10 heavy (non-hydrogen) atoms. The van der Waals surface area contributed by atoms with Crippen LogP contribution in [0.25, 0.3) is 0 Å². The first-order chi connectivity index (χ1) is 4.88. The molecule has 2 aliphatic rings. The molecule has 3 heteroatoms. The summed E-state index contributed by atoms with van der Waals surface area (Å²) in [5.74, 6) is 1.22. The minimum atomic E-state index is 0.516. The maximum absolute atomic E-state index is 3.32. The minimum Gasteiger partial charge on any atom is -0.371 e. The van der Waals surface area contributed by atoms with E-state index in [0.29, 0.717) is 6.04 Å². The summed E-state index contributed by atoms with van der Waals surface area (Å²) >= 11 is 0. The predicted molar refractivity (Wildman–Crippen MR) is 40.0 cm³/mol. The van der Waals surface area contributed by atoms with Crippen LogP contribution in [0, 0.1) is 0 Å². The van der Waals surface area contributed by atoms with E-state index in [0.717, 1.165) is 6.54 Å². The van der Waals surface area contributed by atoms with Crippen LogP contribution >= 0.6 is 0 Å². The minimum absolute atomic E-state index is 0.516. The van der Waals surface area contributed by atoms with E-state index in [1.54, 1.807) is 0 Å². The lowest BCUT2D eigenvalue weighted by atomic mass is 10.0. The summed E-state index contributed by atoms with van der Waals surface area (Å²) in [6, 6.07) is 0.516. The van der Waals surface area contributed by atoms with E-state index in [2.05, 4.69) is 23.1 Å². The van der Waals surface area contributed by atoms with Crippen LogP contribution in [0.15, 0.2) is 11.4 Å². The molecular formula is C7H13N3. The molecule has 56 valence electrons. The second-order valence-corrected chi connectivity index (χ2v) is 2.92. The van der Waals surface area contributed by atoms with Gasteiger partial charge in [-0.2, -0.15) is 0 Å². The van der Waals surface area contributed by atoms with Gasteiger partial charge >= 0.3 is 0 Å². The van der Waals surface area contributed by atoms with Crippen molar-refractivity contribution in [2.24, 2.45) is 0 Å². The standard InChI is InChI=1S/C7H13N3/c1-5-6-3-2-4-8-7(6)10-9-5/h5,8-10H,2-4H2,1H3/t5-/m1/s1. The molecule has 0 fully saturated rings. The van der Waals surface area contributed by atoms with Crippen LogP contribution in [0.1, 0.15) is 19.8 Å². The maximum Gasteiger partial charge on any atom is 0.114 e. The molecule has 0 spiro atoms. The molecule has 0 aromatic heterocycles. The fraction of sp³-hybridized carbons (Fsp3) is 0.714. The van der Waals surface area contributed by atoms with Gasteiger partial charge in [-0.15, -0.1) is 0 Å². The van der Waals surface area contributed by atoms with Crippen LogP contribution in [0.3, 0.4) is 0 Å². The molecule has 1 atom stereocenters. The van der Waals surface area contributed by atoms with Crippen LogP contribution in [0.5, 0.6) is 0 Å². The van der Waals surface area contributed by atoms with Crippen molar-refractivity contribution < 1.29 is 0 Å². The topological polar surface area (TPSA) is 36.1 Å². The quantitative estimate of drug-likeness (QED) is 0.445. The summed E-state index contributed by atoms with van der Waals surface area (Å²) in [5.41, 5.74) is 7.81. The van der Waals surface area contributed by atoms with Gasteiger partial charge < -0.3 is 10.7 Å².